The second-order valence-electron chi connectivity index (χ2n) is 11.6. The Morgan fingerprint density at radius 2 is 0.900 bits per heavy atom. The maximum absolute atomic E-state index is 2.65. The molecule has 0 saturated heterocycles. The van der Waals surface area contributed by atoms with Gasteiger partial charge < -0.3 is 24.8 Å². The predicted molar refractivity (Wildman–Crippen MR) is 165 cm³/mol. The first-order chi connectivity index (χ1) is 18.3. The fraction of sp³-hybridized carbons (Fsp3) is 0.222. The van der Waals surface area contributed by atoms with Gasteiger partial charge in [-0.25, -0.2) is 0 Å². The van der Waals surface area contributed by atoms with Crippen LogP contribution >= 0.6 is 0 Å². The molecule has 2 aliphatic carbocycles. The van der Waals surface area contributed by atoms with E-state index in [0.717, 1.165) is 0 Å². The monoisotopic (exact) mass is 657 g/mol. The number of benzene rings is 4. The second kappa shape index (κ2) is 12.5. The van der Waals surface area contributed by atoms with Gasteiger partial charge in [0, 0.05) is 0 Å². The smallest absolute Gasteiger partial charge is 1.00 e. The first-order valence-electron chi connectivity index (χ1n) is 14.0. The molecule has 0 heterocycles. The van der Waals surface area contributed by atoms with Gasteiger partial charge in [0.1, 0.15) is 0 Å². The summed E-state index contributed by atoms with van der Waals surface area (Å²) in [6, 6.07) is 32.4. The number of hydrogen-bond acceptors (Lipinski definition) is 0. The molecule has 0 aromatic heterocycles. The maximum Gasteiger partial charge on any atom is -1.00 e. The number of hydrogen-bond donors (Lipinski definition) is 0. The minimum absolute atomic E-state index is 0. The van der Waals surface area contributed by atoms with E-state index in [0.29, 0.717) is 7.25 Å². The van der Waals surface area contributed by atoms with Crippen LogP contribution in [0.25, 0.3) is 34.4 Å². The van der Waals surface area contributed by atoms with Crippen LogP contribution in [-0.2, 0) is 20.9 Å². The minimum Gasteiger partial charge on any atom is -1.00 e. The average molecular weight is 660 g/mol. The Hall–Kier alpha value is -1.96. The molecule has 40 heavy (non-hydrogen) atoms. The average Bonchev–Trinajstić information content (AvgIpc) is 3.41. The molecule has 2 unspecified atom stereocenters. The molecule has 6 rings (SSSR count). The zero-order chi connectivity index (χ0) is 26.6. The Morgan fingerprint density at radius 1 is 0.525 bits per heavy atom. The van der Waals surface area contributed by atoms with Crippen molar-refractivity contribution in [3.8, 4) is 22.3 Å². The zero-order valence-electron chi connectivity index (χ0n) is 24.2. The number of fused-ring (bicyclic) bond motifs is 2. The van der Waals surface area contributed by atoms with E-state index in [-0.39, 0.29) is 24.8 Å². The van der Waals surface area contributed by atoms with Crippen LogP contribution in [0.2, 0.25) is 13.1 Å². The molecule has 0 amide bonds. The van der Waals surface area contributed by atoms with Crippen molar-refractivity contribution < 1.29 is 45.7 Å². The summed E-state index contributed by atoms with van der Waals surface area (Å²) >= 11 is -2.03. The van der Waals surface area contributed by atoms with Crippen LogP contribution in [0.5, 0.6) is 0 Å². The molecule has 4 heteroatoms. The molecule has 0 fully saturated rings. The van der Waals surface area contributed by atoms with Crippen molar-refractivity contribution in [3.63, 3.8) is 0 Å². The van der Waals surface area contributed by atoms with Gasteiger partial charge in [0.05, 0.1) is 0 Å². The molecule has 0 bridgehead atoms. The number of aryl methyl sites for hydroxylation is 2. The fourth-order valence-electron chi connectivity index (χ4n) is 6.79. The molecule has 0 spiro atoms. The van der Waals surface area contributed by atoms with Crippen molar-refractivity contribution in [2.24, 2.45) is 0 Å². The van der Waals surface area contributed by atoms with Crippen LogP contribution < -0.4 is 24.8 Å². The summed E-state index contributed by atoms with van der Waals surface area (Å²) in [6.45, 7) is 14.5. The van der Waals surface area contributed by atoms with Gasteiger partial charge in [0.2, 0.25) is 0 Å². The Kier molecular flexibility index (Phi) is 9.68. The van der Waals surface area contributed by atoms with Crippen molar-refractivity contribution in [2.75, 3.05) is 0 Å². The molecule has 0 nitrogen and oxygen atoms in total. The van der Waals surface area contributed by atoms with Crippen LogP contribution in [0.4, 0.5) is 0 Å². The van der Waals surface area contributed by atoms with E-state index in [9.17, 15) is 0 Å². The second-order valence-corrected chi connectivity index (χ2v) is 31.7. The summed E-state index contributed by atoms with van der Waals surface area (Å²) < 4.78 is 1.35. The van der Waals surface area contributed by atoms with Crippen molar-refractivity contribution in [1.29, 1.82) is 0 Å². The SMILES string of the molecule is CC1=Cc2c(-c3ccc(C)cc3)cccc2[CH]1[Zr+2]([CH]1C(C)=Cc2c(-c3ccc(C)cc3)cccc21)[SiH](C)C.[Cl-].[Cl-]. The van der Waals surface area contributed by atoms with E-state index < -0.39 is 26.8 Å². The van der Waals surface area contributed by atoms with Crippen molar-refractivity contribution in [3.05, 3.63) is 129 Å². The molecular weight excluding hydrogens is 623 g/mol. The molecule has 2 aliphatic rings. The third-order valence-corrected chi connectivity index (χ3v) is 30.8. The molecular formula is C36H37Cl2SiZr. The van der Waals surface area contributed by atoms with E-state index >= 15 is 0 Å². The minimum atomic E-state index is -2.03. The summed E-state index contributed by atoms with van der Waals surface area (Å²) in [5.74, 6) is -0.864. The fourth-order valence-corrected chi connectivity index (χ4v) is 30.0. The number of allylic oxidation sites excluding steroid dienone is 2. The van der Waals surface area contributed by atoms with Gasteiger partial charge >= 0.3 is 239 Å². The predicted octanol–water partition coefficient (Wildman–Crippen LogP) is 3.86. The van der Waals surface area contributed by atoms with Crippen LogP contribution in [0.15, 0.2) is 96.1 Å². The third kappa shape index (κ3) is 5.46. The summed E-state index contributed by atoms with van der Waals surface area (Å²) in [7, 11) is 0. The van der Waals surface area contributed by atoms with Crippen LogP contribution in [0, 0.1) is 13.8 Å². The van der Waals surface area contributed by atoms with Crippen molar-refractivity contribution in [2.45, 2.75) is 48.0 Å². The third-order valence-electron chi connectivity index (χ3n) is 8.61. The molecule has 0 aliphatic heterocycles. The molecule has 0 N–H and O–H groups in total. The molecule has 4 aromatic carbocycles. The topological polar surface area (TPSA) is 0 Å². The summed E-state index contributed by atoms with van der Waals surface area (Å²) in [5.41, 5.74) is 17.6. The Bertz CT molecular complexity index is 1470. The van der Waals surface area contributed by atoms with E-state index in [2.05, 4.69) is 138 Å². The Balaban J connectivity index is 0.00000185. The Labute approximate surface area is 261 Å². The number of rotatable bonds is 5. The summed E-state index contributed by atoms with van der Waals surface area (Å²) in [4.78, 5) is 0. The van der Waals surface area contributed by atoms with Gasteiger partial charge in [-0.1, -0.05) is 0 Å². The van der Waals surface area contributed by atoms with Gasteiger partial charge in [0.15, 0.2) is 0 Å². The largest absolute Gasteiger partial charge is 1.00 e. The van der Waals surface area contributed by atoms with Crippen LogP contribution in [-0.4, -0.2) is 5.92 Å². The van der Waals surface area contributed by atoms with Crippen molar-refractivity contribution >= 4 is 18.1 Å². The zero-order valence-corrected chi connectivity index (χ0v) is 29.4. The quantitative estimate of drug-likeness (QED) is 0.286. The normalized spacial score (nSPS) is 16.9. The van der Waals surface area contributed by atoms with Gasteiger partial charge in [0.25, 0.3) is 0 Å². The van der Waals surface area contributed by atoms with Crippen molar-refractivity contribution in [1.82, 2.24) is 0 Å². The maximum atomic E-state index is 2.65. The summed E-state index contributed by atoms with van der Waals surface area (Å²) in [5, 5.41) is 0. The van der Waals surface area contributed by atoms with E-state index in [4.69, 9.17) is 0 Å². The number of halogens is 2. The van der Waals surface area contributed by atoms with E-state index in [1.54, 1.807) is 22.3 Å². The molecule has 203 valence electrons. The standard InChI is InChI=1S/2C17H15.C2H7Si.2ClH.Zr/c2*1-12-6-8-14(9-7-12)16-5-3-4-15-10-13(2)11-17(15)16;1-3-2;;;/h2*3-11H,1-2H3;3H,1-2H3;2*1H;/q;;;;;+2/p-2. The first kappa shape index (κ1) is 31.0. The molecule has 0 saturated carbocycles. The molecule has 0 radical (unpaired) electrons. The summed E-state index contributed by atoms with van der Waals surface area (Å²) in [6.07, 6.45) is 5.09. The van der Waals surface area contributed by atoms with Gasteiger partial charge in [-0.05, 0) is 0 Å². The molecule has 4 aromatic rings. The van der Waals surface area contributed by atoms with Crippen LogP contribution in [0.1, 0.15) is 54.5 Å². The van der Waals surface area contributed by atoms with Gasteiger partial charge in [-0.3, -0.25) is 0 Å². The van der Waals surface area contributed by atoms with Crippen LogP contribution in [0.3, 0.4) is 0 Å². The van der Waals surface area contributed by atoms with E-state index in [1.165, 1.54) is 44.5 Å². The first-order valence-corrected chi connectivity index (χ1v) is 23.9. The van der Waals surface area contributed by atoms with Gasteiger partial charge in [-0.15, -0.1) is 0 Å². The van der Waals surface area contributed by atoms with E-state index in [1.807, 2.05) is 0 Å². The Morgan fingerprint density at radius 3 is 1.25 bits per heavy atom. The molecule has 2 atom stereocenters. The van der Waals surface area contributed by atoms with Gasteiger partial charge in [-0.2, -0.15) is 0 Å².